The lowest BCUT2D eigenvalue weighted by atomic mass is 9.80. The van der Waals surface area contributed by atoms with Crippen molar-refractivity contribution in [3.05, 3.63) is 34.4 Å². The first-order chi connectivity index (χ1) is 10.1. The maximum atomic E-state index is 13.5. The van der Waals surface area contributed by atoms with Gasteiger partial charge in [-0.05, 0) is 18.1 Å². The van der Waals surface area contributed by atoms with Crippen LogP contribution in [0.15, 0.2) is 12.1 Å². The molecule has 1 aromatic rings. The van der Waals surface area contributed by atoms with Crippen LogP contribution in [0.2, 0.25) is 5.02 Å². The standard InChI is InChI=1S/C16H19ClF2O2/c17-15-13(18)6-11(7-14(15)19)16-20-8-12(9-21-16)10-4-2-1-3-5-10/h6-7,10,12,16H,1-5,8-9H2. The predicted molar refractivity (Wildman–Crippen MR) is 76.1 cm³/mol. The summed E-state index contributed by atoms with van der Waals surface area (Å²) in [5.74, 6) is -0.525. The molecule has 0 bridgehead atoms. The molecule has 5 heteroatoms. The molecule has 2 nitrogen and oxygen atoms in total. The van der Waals surface area contributed by atoms with Crippen molar-refractivity contribution in [2.24, 2.45) is 11.8 Å². The summed E-state index contributed by atoms with van der Waals surface area (Å²) in [4.78, 5) is 0. The molecule has 3 rings (SSSR count). The van der Waals surface area contributed by atoms with Gasteiger partial charge < -0.3 is 9.47 Å². The van der Waals surface area contributed by atoms with E-state index >= 15 is 0 Å². The minimum absolute atomic E-state index is 0.344. The van der Waals surface area contributed by atoms with Crippen molar-refractivity contribution in [3.8, 4) is 0 Å². The largest absolute Gasteiger partial charge is 0.348 e. The van der Waals surface area contributed by atoms with E-state index in [4.69, 9.17) is 21.1 Å². The Morgan fingerprint density at radius 3 is 2.05 bits per heavy atom. The van der Waals surface area contributed by atoms with Gasteiger partial charge in [-0.15, -0.1) is 0 Å². The van der Waals surface area contributed by atoms with Crippen LogP contribution in [0.5, 0.6) is 0 Å². The zero-order valence-electron chi connectivity index (χ0n) is 11.8. The van der Waals surface area contributed by atoms with Gasteiger partial charge in [0.25, 0.3) is 0 Å². The van der Waals surface area contributed by atoms with Crippen molar-refractivity contribution < 1.29 is 18.3 Å². The van der Waals surface area contributed by atoms with Gasteiger partial charge in [-0.3, -0.25) is 0 Å². The first-order valence-corrected chi connectivity index (χ1v) is 7.90. The zero-order chi connectivity index (χ0) is 14.8. The Labute approximate surface area is 128 Å². The molecule has 1 aliphatic carbocycles. The van der Waals surface area contributed by atoms with E-state index in [-0.39, 0.29) is 0 Å². The van der Waals surface area contributed by atoms with Crippen molar-refractivity contribution in [1.29, 1.82) is 0 Å². The Morgan fingerprint density at radius 2 is 1.48 bits per heavy atom. The van der Waals surface area contributed by atoms with Gasteiger partial charge in [0.15, 0.2) is 6.29 Å². The van der Waals surface area contributed by atoms with Gasteiger partial charge in [0, 0.05) is 11.5 Å². The number of hydrogen-bond acceptors (Lipinski definition) is 2. The molecular formula is C16H19ClF2O2. The Balaban J connectivity index is 1.63. The van der Waals surface area contributed by atoms with Crippen LogP contribution in [0.3, 0.4) is 0 Å². The van der Waals surface area contributed by atoms with E-state index in [0.717, 1.165) is 0 Å². The van der Waals surface area contributed by atoms with Crippen molar-refractivity contribution in [3.63, 3.8) is 0 Å². The fraction of sp³-hybridized carbons (Fsp3) is 0.625. The SMILES string of the molecule is Fc1cc(C2OCC(C3CCCCC3)CO2)cc(F)c1Cl. The molecule has 1 heterocycles. The smallest absolute Gasteiger partial charge is 0.184 e. The molecule has 116 valence electrons. The molecule has 1 aromatic carbocycles. The molecule has 0 radical (unpaired) electrons. The number of halogens is 3. The summed E-state index contributed by atoms with van der Waals surface area (Å²) in [6.07, 6.45) is 5.62. The third-order valence-corrected chi connectivity index (χ3v) is 4.88. The fourth-order valence-corrected chi connectivity index (χ4v) is 3.41. The number of rotatable bonds is 2. The maximum absolute atomic E-state index is 13.5. The topological polar surface area (TPSA) is 18.5 Å². The summed E-state index contributed by atoms with van der Waals surface area (Å²) in [5, 5.41) is -0.491. The Bertz CT molecular complexity index is 472. The summed E-state index contributed by atoms with van der Waals surface area (Å²) in [5.41, 5.74) is 0.344. The lowest BCUT2D eigenvalue weighted by Gasteiger charge is -2.36. The van der Waals surface area contributed by atoms with Crippen LogP contribution in [0.4, 0.5) is 8.78 Å². The second-order valence-corrected chi connectivity index (χ2v) is 6.33. The van der Waals surface area contributed by atoms with E-state index in [1.165, 1.54) is 44.2 Å². The van der Waals surface area contributed by atoms with E-state index in [2.05, 4.69) is 0 Å². The van der Waals surface area contributed by atoms with E-state index < -0.39 is 22.9 Å². The molecule has 2 aliphatic rings. The minimum Gasteiger partial charge on any atom is -0.348 e. The molecular weight excluding hydrogens is 298 g/mol. The third-order valence-electron chi connectivity index (χ3n) is 4.52. The molecule has 1 saturated carbocycles. The highest BCUT2D eigenvalue weighted by atomic mass is 35.5. The van der Waals surface area contributed by atoms with Gasteiger partial charge in [-0.1, -0.05) is 43.7 Å². The Hall–Kier alpha value is -0.710. The molecule has 2 fully saturated rings. The van der Waals surface area contributed by atoms with Crippen molar-refractivity contribution in [1.82, 2.24) is 0 Å². The van der Waals surface area contributed by atoms with Crippen LogP contribution >= 0.6 is 11.6 Å². The normalized spacial score (nSPS) is 27.8. The van der Waals surface area contributed by atoms with Crippen LogP contribution in [-0.4, -0.2) is 13.2 Å². The predicted octanol–water partition coefficient (Wildman–Crippen LogP) is 4.86. The Kier molecular flexibility index (Phi) is 4.77. The van der Waals surface area contributed by atoms with Gasteiger partial charge in [0.05, 0.1) is 13.2 Å². The van der Waals surface area contributed by atoms with E-state index in [1.807, 2.05) is 0 Å². The van der Waals surface area contributed by atoms with Crippen molar-refractivity contribution in [2.45, 2.75) is 38.4 Å². The molecule has 21 heavy (non-hydrogen) atoms. The second-order valence-electron chi connectivity index (χ2n) is 5.96. The highest BCUT2D eigenvalue weighted by Crippen LogP contribution is 2.36. The molecule has 0 N–H and O–H groups in total. The van der Waals surface area contributed by atoms with E-state index in [1.54, 1.807) is 0 Å². The highest BCUT2D eigenvalue weighted by Gasteiger charge is 2.30. The molecule has 1 aliphatic heterocycles. The maximum Gasteiger partial charge on any atom is 0.184 e. The molecule has 0 atom stereocenters. The lowest BCUT2D eigenvalue weighted by Crippen LogP contribution is -2.33. The molecule has 1 saturated heterocycles. The monoisotopic (exact) mass is 316 g/mol. The summed E-state index contributed by atoms with van der Waals surface area (Å²) >= 11 is 5.48. The van der Waals surface area contributed by atoms with Gasteiger partial charge in [0.2, 0.25) is 0 Å². The van der Waals surface area contributed by atoms with Crippen molar-refractivity contribution >= 4 is 11.6 Å². The second kappa shape index (κ2) is 6.59. The van der Waals surface area contributed by atoms with Gasteiger partial charge in [-0.25, -0.2) is 8.78 Å². The van der Waals surface area contributed by atoms with Gasteiger partial charge in [-0.2, -0.15) is 0 Å². The molecule has 0 unspecified atom stereocenters. The number of benzene rings is 1. The average Bonchev–Trinajstić information content (AvgIpc) is 2.53. The summed E-state index contributed by atoms with van der Waals surface area (Å²) in [6, 6.07) is 2.36. The number of hydrogen-bond donors (Lipinski definition) is 0. The van der Waals surface area contributed by atoms with E-state index in [0.29, 0.717) is 30.6 Å². The zero-order valence-corrected chi connectivity index (χ0v) is 12.5. The quantitative estimate of drug-likeness (QED) is 0.725. The highest BCUT2D eigenvalue weighted by molar-refractivity contribution is 6.30. The van der Waals surface area contributed by atoms with Gasteiger partial charge >= 0.3 is 0 Å². The first-order valence-electron chi connectivity index (χ1n) is 7.53. The summed E-state index contributed by atoms with van der Waals surface area (Å²) in [6.45, 7) is 1.17. The first kappa shape index (κ1) is 15.2. The minimum atomic E-state index is -0.784. The Morgan fingerprint density at radius 1 is 0.905 bits per heavy atom. The van der Waals surface area contributed by atoms with Crippen LogP contribution in [-0.2, 0) is 9.47 Å². The molecule has 0 spiro atoms. The van der Waals surface area contributed by atoms with Crippen LogP contribution in [0.25, 0.3) is 0 Å². The fourth-order valence-electron chi connectivity index (χ4n) is 3.30. The van der Waals surface area contributed by atoms with E-state index in [9.17, 15) is 8.78 Å². The summed E-state index contributed by atoms with van der Waals surface area (Å²) in [7, 11) is 0. The van der Waals surface area contributed by atoms with Crippen molar-refractivity contribution in [2.75, 3.05) is 13.2 Å². The van der Waals surface area contributed by atoms with Crippen LogP contribution < -0.4 is 0 Å². The van der Waals surface area contributed by atoms with Crippen LogP contribution in [0.1, 0.15) is 44.0 Å². The summed E-state index contributed by atoms with van der Waals surface area (Å²) < 4.78 is 38.3. The van der Waals surface area contributed by atoms with Gasteiger partial charge in [0.1, 0.15) is 16.7 Å². The number of ether oxygens (including phenoxy) is 2. The van der Waals surface area contributed by atoms with Crippen LogP contribution in [0, 0.1) is 23.5 Å². The average molecular weight is 317 g/mol. The molecule has 0 amide bonds. The third kappa shape index (κ3) is 3.38. The molecule has 0 aromatic heterocycles. The lowest BCUT2D eigenvalue weighted by molar-refractivity contribution is -0.214.